The molecule has 0 aliphatic carbocycles. The Hall–Kier alpha value is -1.10. The summed E-state index contributed by atoms with van der Waals surface area (Å²) < 4.78 is 10.3. The molecular weight excluding hydrogens is 258 g/mol. The molecule has 0 spiro atoms. The third-order valence-corrected chi connectivity index (χ3v) is 3.48. The highest BCUT2D eigenvalue weighted by Crippen LogP contribution is 2.26. The minimum atomic E-state index is -0.320. The third kappa shape index (κ3) is 5.12. The average Bonchev–Trinajstić information content (AvgIpc) is 2.39. The van der Waals surface area contributed by atoms with Crippen LogP contribution in [0.2, 0.25) is 0 Å². The molecule has 0 amide bonds. The number of esters is 2. The summed E-state index contributed by atoms with van der Waals surface area (Å²) in [7, 11) is 3.77. The normalized spacial score (nSPS) is 15.6. The van der Waals surface area contributed by atoms with E-state index in [-0.39, 0.29) is 29.8 Å². The lowest BCUT2D eigenvalue weighted by Gasteiger charge is -2.35. The zero-order valence-corrected chi connectivity index (χ0v) is 13.6. The molecule has 0 bridgehead atoms. The van der Waals surface area contributed by atoms with Gasteiger partial charge in [-0.15, -0.1) is 0 Å². The SMILES string of the molecule is CCOC(=O)C(CC)C(C(CC)C(=O)OCC)N(C)C. The highest BCUT2D eigenvalue weighted by Gasteiger charge is 2.39. The van der Waals surface area contributed by atoms with Crippen molar-refractivity contribution in [1.29, 1.82) is 0 Å². The molecule has 0 aromatic rings. The van der Waals surface area contributed by atoms with Crippen LogP contribution in [0.5, 0.6) is 0 Å². The Morgan fingerprint density at radius 3 is 1.40 bits per heavy atom. The van der Waals surface area contributed by atoms with Gasteiger partial charge in [-0.2, -0.15) is 0 Å². The van der Waals surface area contributed by atoms with Crippen molar-refractivity contribution in [2.45, 2.75) is 46.6 Å². The fourth-order valence-electron chi connectivity index (χ4n) is 2.59. The predicted octanol–water partition coefficient (Wildman–Crippen LogP) is 2.10. The molecule has 2 unspecified atom stereocenters. The average molecular weight is 287 g/mol. The van der Waals surface area contributed by atoms with E-state index < -0.39 is 0 Å². The van der Waals surface area contributed by atoms with E-state index >= 15 is 0 Å². The maximum Gasteiger partial charge on any atom is 0.310 e. The Bertz CT molecular complexity index is 278. The van der Waals surface area contributed by atoms with Crippen LogP contribution in [-0.4, -0.2) is 50.2 Å². The fourth-order valence-corrected chi connectivity index (χ4v) is 2.59. The van der Waals surface area contributed by atoms with E-state index in [0.29, 0.717) is 26.1 Å². The first kappa shape index (κ1) is 18.9. The van der Waals surface area contributed by atoms with E-state index in [4.69, 9.17) is 9.47 Å². The van der Waals surface area contributed by atoms with Gasteiger partial charge in [0.25, 0.3) is 0 Å². The van der Waals surface area contributed by atoms with Crippen LogP contribution in [0.3, 0.4) is 0 Å². The van der Waals surface area contributed by atoms with Crippen molar-refractivity contribution in [3.05, 3.63) is 0 Å². The van der Waals surface area contributed by atoms with Gasteiger partial charge in [0.2, 0.25) is 0 Å². The summed E-state index contributed by atoms with van der Waals surface area (Å²) in [5.74, 6) is -1.12. The van der Waals surface area contributed by atoms with E-state index in [9.17, 15) is 9.59 Å². The van der Waals surface area contributed by atoms with Crippen molar-refractivity contribution >= 4 is 11.9 Å². The van der Waals surface area contributed by atoms with Crippen molar-refractivity contribution in [2.24, 2.45) is 11.8 Å². The summed E-state index contributed by atoms with van der Waals surface area (Å²) in [6.07, 6.45) is 1.27. The Labute approximate surface area is 122 Å². The van der Waals surface area contributed by atoms with E-state index in [1.54, 1.807) is 13.8 Å². The van der Waals surface area contributed by atoms with E-state index in [1.807, 2.05) is 32.8 Å². The molecule has 0 rings (SSSR count). The van der Waals surface area contributed by atoms with E-state index in [2.05, 4.69) is 0 Å². The molecule has 0 aromatic carbocycles. The van der Waals surface area contributed by atoms with Gasteiger partial charge < -0.3 is 14.4 Å². The number of nitrogens with zero attached hydrogens (tertiary/aromatic N) is 1. The van der Waals surface area contributed by atoms with E-state index in [0.717, 1.165) is 0 Å². The van der Waals surface area contributed by atoms with Gasteiger partial charge in [0, 0.05) is 6.04 Å². The molecule has 0 aliphatic rings. The van der Waals surface area contributed by atoms with Gasteiger partial charge in [-0.1, -0.05) is 13.8 Å². The molecule has 5 nitrogen and oxygen atoms in total. The largest absolute Gasteiger partial charge is 0.466 e. The molecule has 0 radical (unpaired) electrons. The molecule has 0 saturated heterocycles. The highest BCUT2D eigenvalue weighted by molar-refractivity contribution is 5.77. The molecule has 0 N–H and O–H groups in total. The van der Waals surface area contributed by atoms with Gasteiger partial charge in [0.15, 0.2) is 0 Å². The van der Waals surface area contributed by atoms with Gasteiger partial charge in [0.05, 0.1) is 25.0 Å². The van der Waals surface area contributed by atoms with Crippen molar-refractivity contribution < 1.29 is 19.1 Å². The molecule has 5 heteroatoms. The zero-order chi connectivity index (χ0) is 15.7. The maximum absolute atomic E-state index is 12.1. The summed E-state index contributed by atoms with van der Waals surface area (Å²) in [4.78, 5) is 26.2. The lowest BCUT2D eigenvalue weighted by atomic mass is 9.84. The fraction of sp³-hybridized carbons (Fsp3) is 0.867. The molecule has 0 aliphatic heterocycles. The first-order valence-electron chi connectivity index (χ1n) is 7.44. The number of ether oxygens (including phenoxy) is 2. The topological polar surface area (TPSA) is 55.8 Å². The third-order valence-electron chi connectivity index (χ3n) is 3.48. The number of carbonyl (C=O) groups excluding carboxylic acids is 2. The molecule has 0 heterocycles. The van der Waals surface area contributed by atoms with Crippen molar-refractivity contribution in [3.8, 4) is 0 Å². The van der Waals surface area contributed by atoms with Crippen molar-refractivity contribution in [1.82, 2.24) is 4.90 Å². The predicted molar refractivity (Wildman–Crippen MR) is 78.3 cm³/mol. The van der Waals surface area contributed by atoms with Crippen LogP contribution in [-0.2, 0) is 19.1 Å². The van der Waals surface area contributed by atoms with Crippen LogP contribution in [0.15, 0.2) is 0 Å². The van der Waals surface area contributed by atoms with Crippen LogP contribution < -0.4 is 0 Å². The first-order valence-corrected chi connectivity index (χ1v) is 7.44. The maximum atomic E-state index is 12.1. The molecule has 0 saturated carbocycles. The summed E-state index contributed by atoms with van der Waals surface area (Å²) in [5, 5.41) is 0. The van der Waals surface area contributed by atoms with Gasteiger partial charge in [0.1, 0.15) is 0 Å². The second-order valence-corrected chi connectivity index (χ2v) is 4.99. The number of hydrogen-bond acceptors (Lipinski definition) is 5. The molecule has 20 heavy (non-hydrogen) atoms. The molecule has 0 aromatic heterocycles. The standard InChI is InChI=1S/C15H29NO4/c1-7-11(14(17)19-9-3)13(16(5)6)12(8-2)15(18)20-10-4/h11-13H,7-10H2,1-6H3. The first-order chi connectivity index (χ1) is 9.44. The molecular formula is C15H29NO4. The summed E-state index contributed by atoms with van der Waals surface area (Å²) in [5.41, 5.74) is 0. The lowest BCUT2D eigenvalue weighted by Crippen LogP contribution is -2.48. The van der Waals surface area contributed by atoms with Gasteiger partial charge in [-0.05, 0) is 40.8 Å². The molecule has 2 atom stereocenters. The van der Waals surface area contributed by atoms with Crippen LogP contribution >= 0.6 is 0 Å². The number of carbonyl (C=O) groups is 2. The van der Waals surface area contributed by atoms with Crippen molar-refractivity contribution in [2.75, 3.05) is 27.3 Å². The second-order valence-electron chi connectivity index (χ2n) is 4.99. The summed E-state index contributed by atoms with van der Waals surface area (Å²) in [6, 6.07) is -0.205. The Morgan fingerprint density at radius 2 is 1.20 bits per heavy atom. The Kier molecular flexibility index (Phi) is 9.21. The van der Waals surface area contributed by atoms with Crippen molar-refractivity contribution in [3.63, 3.8) is 0 Å². The lowest BCUT2D eigenvalue weighted by molar-refractivity contribution is -0.157. The van der Waals surface area contributed by atoms with E-state index in [1.165, 1.54) is 0 Å². The summed E-state index contributed by atoms with van der Waals surface area (Å²) in [6.45, 7) is 8.17. The van der Waals surface area contributed by atoms with Gasteiger partial charge in [-0.3, -0.25) is 9.59 Å². The highest BCUT2D eigenvalue weighted by atomic mass is 16.5. The van der Waals surface area contributed by atoms with Gasteiger partial charge >= 0.3 is 11.9 Å². The van der Waals surface area contributed by atoms with Crippen LogP contribution in [0.1, 0.15) is 40.5 Å². The molecule has 118 valence electrons. The Morgan fingerprint density at radius 1 is 0.850 bits per heavy atom. The second kappa shape index (κ2) is 9.75. The zero-order valence-electron chi connectivity index (χ0n) is 13.6. The minimum absolute atomic E-state index is 0.205. The number of rotatable bonds is 9. The van der Waals surface area contributed by atoms with Crippen LogP contribution in [0, 0.1) is 11.8 Å². The Balaban J connectivity index is 5.25. The minimum Gasteiger partial charge on any atom is -0.466 e. The monoisotopic (exact) mass is 287 g/mol. The molecule has 0 fully saturated rings. The quantitative estimate of drug-likeness (QED) is 0.608. The van der Waals surface area contributed by atoms with Crippen LogP contribution in [0.25, 0.3) is 0 Å². The summed E-state index contributed by atoms with van der Waals surface area (Å²) >= 11 is 0. The van der Waals surface area contributed by atoms with Crippen LogP contribution in [0.4, 0.5) is 0 Å². The van der Waals surface area contributed by atoms with Gasteiger partial charge in [-0.25, -0.2) is 0 Å². The number of hydrogen-bond donors (Lipinski definition) is 0. The smallest absolute Gasteiger partial charge is 0.310 e.